The maximum atomic E-state index is 10.9. The third-order valence-electron chi connectivity index (χ3n) is 5.76. The van der Waals surface area contributed by atoms with Gasteiger partial charge in [-0.15, -0.1) is 0 Å². The summed E-state index contributed by atoms with van der Waals surface area (Å²) >= 11 is 12.4. The molecule has 0 spiro atoms. The summed E-state index contributed by atoms with van der Waals surface area (Å²) in [5.41, 5.74) is 9.21. The van der Waals surface area contributed by atoms with Crippen LogP contribution in [-0.4, -0.2) is 23.5 Å². The van der Waals surface area contributed by atoms with E-state index in [4.69, 9.17) is 43.1 Å². The number of rotatable bonds is 3. The monoisotopic (exact) mass is 493 g/mol. The first-order chi connectivity index (χ1) is 16.4. The Hall–Kier alpha value is -3.70. The molecule has 2 aromatic carbocycles. The number of aromatic nitrogens is 1. The van der Waals surface area contributed by atoms with E-state index in [-0.39, 0.29) is 16.6 Å². The highest BCUT2D eigenvalue weighted by atomic mass is 35.5. The molecule has 0 bridgehead atoms. The summed E-state index contributed by atoms with van der Waals surface area (Å²) in [5, 5.41) is 21.5. The second kappa shape index (κ2) is 8.58. The van der Waals surface area contributed by atoms with E-state index in [0.29, 0.717) is 50.1 Å². The van der Waals surface area contributed by atoms with Gasteiger partial charge in [-0.05, 0) is 35.9 Å². The summed E-state index contributed by atoms with van der Waals surface area (Å²) in [7, 11) is 1.54. The molecule has 3 heterocycles. The number of aliphatic hydroxyl groups excluding tert-OH is 1. The molecule has 0 radical (unpaired) electrons. The third-order valence-corrected chi connectivity index (χ3v) is 6.28. The number of nitrogens with zero attached hydrogens (tertiary/aromatic N) is 2. The van der Waals surface area contributed by atoms with Crippen LogP contribution in [0.15, 0.2) is 71.8 Å². The Kier molecular flexibility index (Phi) is 5.58. The lowest BCUT2D eigenvalue weighted by Gasteiger charge is -2.35. The van der Waals surface area contributed by atoms with Gasteiger partial charge in [0.15, 0.2) is 0 Å². The zero-order chi connectivity index (χ0) is 24.0. The number of halogens is 2. The van der Waals surface area contributed by atoms with E-state index in [1.165, 1.54) is 6.07 Å². The first kappa shape index (κ1) is 22.1. The Labute approximate surface area is 205 Å². The van der Waals surface area contributed by atoms with Crippen molar-refractivity contribution in [1.82, 2.24) is 4.98 Å². The van der Waals surface area contributed by atoms with Gasteiger partial charge in [0.1, 0.15) is 34.1 Å². The normalized spacial score (nSPS) is 18.9. The molecule has 3 aromatic rings. The number of nitrogens with two attached hydrogens (primary N) is 1. The van der Waals surface area contributed by atoms with Crippen LogP contribution in [0.2, 0.25) is 10.2 Å². The topological polar surface area (TPSA) is 111 Å². The minimum Gasteiger partial charge on any atom is -0.496 e. The minimum atomic E-state index is -1.35. The highest BCUT2D eigenvalue weighted by Crippen LogP contribution is 2.49. The molecule has 2 unspecified atom stereocenters. The van der Waals surface area contributed by atoms with Crippen LogP contribution in [0.25, 0.3) is 16.9 Å². The Morgan fingerprint density at radius 3 is 2.65 bits per heavy atom. The second-order valence-corrected chi connectivity index (χ2v) is 8.42. The summed E-state index contributed by atoms with van der Waals surface area (Å²) in [6.07, 6.45) is 0.197. The number of pyridine rings is 1. The summed E-state index contributed by atoms with van der Waals surface area (Å²) in [6, 6.07) is 16.2. The molecule has 2 aliphatic rings. The molecule has 2 atom stereocenters. The first-order valence-electron chi connectivity index (χ1n) is 10.2. The van der Waals surface area contributed by atoms with Gasteiger partial charge in [0.05, 0.1) is 29.2 Å². The first-order valence-corrected chi connectivity index (χ1v) is 10.9. The van der Waals surface area contributed by atoms with Crippen LogP contribution >= 0.6 is 23.2 Å². The fourth-order valence-corrected chi connectivity index (χ4v) is 4.71. The fraction of sp³-hybridized carbons (Fsp3) is 0.120. The van der Waals surface area contributed by atoms with E-state index in [1.807, 2.05) is 12.1 Å². The Morgan fingerprint density at radius 2 is 1.91 bits per heavy atom. The smallest absolute Gasteiger partial charge is 0.225 e. The molecule has 0 fully saturated rings. The SMILES string of the molecule is COc1ccc(C2C(C#N)=C(N)OC3=C2C(O)Oc2ccccc23)cc1-c1cnc(Cl)cc1Cl. The van der Waals surface area contributed by atoms with E-state index >= 15 is 0 Å². The largest absolute Gasteiger partial charge is 0.496 e. The van der Waals surface area contributed by atoms with Crippen LogP contribution < -0.4 is 15.2 Å². The summed E-state index contributed by atoms with van der Waals surface area (Å²) in [5.74, 6) is 0.575. The van der Waals surface area contributed by atoms with E-state index in [2.05, 4.69) is 11.1 Å². The van der Waals surface area contributed by atoms with Crippen molar-refractivity contribution in [3.05, 3.63) is 93.1 Å². The number of hydrogen-bond acceptors (Lipinski definition) is 7. The van der Waals surface area contributed by atoms with Crippen LogP contribution in [0.4, 0.5) is 0 Å². The summed E-state index contributed by atoms with van der Waals surface area (Å²) in [6.45, 7) is 0. The van der Waals surface area contributed by atoms with Crippen molar-refractivity contribution in [3.63, 3.8) is 0 Å². The molecular weight excluding hydrogens is 477 g/mol. The van der Waals surface area contributed by atoms with Crippen molar-refractivity contribution in [3.8, 4) is 28.7 Å². The zero-order valence-electron chi connectivity index (χ0n) is 17.8. The number of fused-ring (bicyclic) bond motifs is 2. The third kappa shape index (κ3) is 3.53. The van der Waals surface area contributed by atoms with Crippen LogP contribution in [0.1, 0.15) is 17.0 Å². The zero-order valence-corrected chi connectivity index (χ0v) is 19.3. The molecular formula is C25H17Cl2N3O4. The number of methoxy groups -OCH3 is 1. The Bertz CT molecular complexity index is 1430. The standard InChI is InChI=1S/C25H17Cl2N3O4/c1-32-18-7-6-12(8-14(18)16-11-30-20(27)9-17(16)26)21-15(10-28)24(29)34-23-13-4-2-3-5-19(13)33-25(31)22(21)23/h2-9,11,21,25,31H,29H2,1H3. The molecule has 5 rings (SSSR count). The van der Waals surface area contributed by atoms with Crippen LogP contribution in [-0.2, 0) is 4.74 Å². The van der Waals surface area contributed by atoms with Gasteiger partial charge in [-0.25, -0.2) is 4.98 Å². The van der Waals surface area contributed by atoms with Gasteiger partial charge in [-0.1, -0.05) is 41.4 Å². The molecule has 0 aliphatic carbocycles. The van der Waals surface area contributed by atoms with Crippen molar-refractivity contribution in [2.75, 3.05) is 7.11 Å². The van der Waals surface area contributed by atoms with E-state index in [1.54, 1.807) is 43.6 Å². The van der Waals surface area contributed by atoms with Crippen LogP contribution in [0.3, 0.4) is 0 Å². The van der Waals surface area contributed by atoms with Crippen molar-refractivity contribution in [2.45, 2.75) is 12.2 Å². The van der Waals surface area contributed by atoms with Crippen molar-refractivity contribution in [1.29, 1.82) is 5.26 Å². The van der Waals surface area contributed by atoms with E-state index < -0.39 is 12.2 Å². The number of para-hydroxylation sites is 1. The number of nitriles is 1. The fourth-order valence-electron chi connectivity index (χ4n) is 4.25. The van der Waals surface area contributed by atoms with E-state index in [0.717, 1.165) is 0 Å². The number of allylic oxidation sites excluding steroid dienone is 1. The average molecular weight is 494 g/mol. The van der Waals surface area contributed by atoms with Gasteiger partial charge in [-0.3, -0.25) is 0 Å². The highest BCUT2D eigenvalue weighted by molar-refractivity contribution is 6.35. The van der Waals surface area contributed by atoms with Crippen molar-refractivity contribution >= 4 is 29.0 Å². The van der Waals surface area contributed by atoms with Crippen molar-refractivity contribution < 1.29 is 19.3 Å². The van der Waals surface area contributed by atoms with E-state index in [9.17, 15) is 10.4 Å². The lowest BCUT2D eigenvalue weighted by molar-refractivity contribution is 0.00467. The van der Waals surface area contributed by atoms with Gasteiger partial charge in [0.25, 0.3) is 0 Å². The predicted molar refractivity (Wildman–Crippen MR) is 127 cm³/mol. The molecule has 9 heteroatoms. The molecule has 170 valence electrons. The van der Waals surface area contributed by atoms with Crippen LogP contribution in [0, 0.1) is 11.3 Å². The molecule has 0 amide bonds. The van der Waals surface area contributed by atoms with Gasteiger partial charge >= 0.3 is 0 Å². The Morgan fingerprint density at radius 1 is 1.12 bits per heavy atom. The van der Waals surface area contributed by atoms with Gasteiger partial charge < -0.3 is 25.1 Å². The molecule has 0 saturated heterocycles. The molecule has 7 nitrogen and oxygen atoms in total. The number of benzene rings is 2. The minimum absolute atomic E-state index is 0.0429. The quantitative estimate of drug-likeness (QED) is 0.494. The number of aliphatic hydroxyl groups is 1. The Balaban J connectivity index is 1.74. The second-order valence-electron chi connectivity index (χ2n) is 7.62. The number of hydrogen-bond donors (Lipinski definition) is 2. The average Bonchev–Trinajstić information content (AvgIpc) is 2.83. The maximum absolute atomic E-state index is 10.9. The van der Waals surface area contributed by atoms with Crippen molar-refractivity contribution in [2.24, 2.45) is 5.73 Å². The molecule has 3 N–H and O–H groups in total. The van der Waals surface area contributed by atoms with Gasteiger partial charge in [-0.2, -0.15) is 5.26 Å². The lowest BCUT2D eigenvalue weighted by atomic mass is 9.80. The molecule has 34 heavy (non-hydrogen) atoms. The highest BCUT2D eigenvalue weighted by Gasteiger charge is 2.41. The summed E-state index contributed by atoms with van der Waals surface area (Å²) < 4.78 is 17.1. The molecule has 1 aromatic heterocycles. The maximum Gasteiger partial charge on any atom is 0.225 e. The predicted octanol–water partition coefficient (Wildman–Crippen LogP) is 4.99. The lowest BCUT2D eigenvalue weighted by Crippen LogP contribution is -2.33. The summed E-state index contributed by atoms with van der Waals surface area (Å²) in [4.78, 5) is 4.13. The van der Waals surface area contributed by atoms with Gasteiger partial charge in [0.2, 0.25) is 12.2 Å². The van der Waals surface area contributed by atoms with Crippen LogP contribution in [0.5, 0.6) is 11.5 Å². The van der Waals surface area contributed by atoms with Gasteiger partial charge in [0, 0.05) is 17.3 Å². The molecule has 0 saturated carbocycles. The number of ether oxygens (including phenoxy) is 3. The molecule has 2 aliphatic heterocycles.